The van der Waals surface area contributed by atoms with Crippen LogP contribution in [0, 0.1) is 0 Å². The second-order valence-electron chi connectivity index (χ2n) is 4.93. The third-order valence-corrected chi connectivity index (χ3v) is 3.46. The summed E-state index contributed by atoms with van der Waals surface area (Å²) in [4.78, 5) is 20.4. The Hall–Kier alpha value is -2.46. The Kier molecular flexibility index (Phi) is 4.02. The van der Waals surface area contributed by atoms with Gasteiger partial charge in [0.2, 0.25) is 5.91 Å². The highest BCUT2D eigenvalue weighted by molar-refractivity contribution is 6.31. The van der Waals surface area contributed by atoms with Crippen LogP contribution in [-0.2, 0) is 4.79 Å². The summed E-state index contributed by atoms with van der Waals surface area (Å²) < 4.78 is 0. The molecule has 0 saturated heterocycles. The number of amides is 1. The fraction of sp³-hybridized carbons (Fsp3) is 0.118. The molecule has 5 heteroatoms. The molecule has 22 heavy (non-hydrogen) atoms. The Labute approximate surface area is 133 Å². The first-order valence-corrected chi connectivity index (χ1v) is 7.26. The van der Waals surface area contributed by atoms with Gasteiger partial charge in [0.1, 0.15) is 5.84 Å². The molecule has 2 aromatic carbocycles. The summed E-state index contributed by atoms with van der Waals surface area (Å²) in [6, 6.07) is 15.3. The SMILES string of the molecule is CC(=O)NC1=Nc2ccc(Cl)cc2C(c2ccccc2)=NC1. The van der Waals surface area contributed by atoms with E-state index in [2.05, 4.69) is 15.3 Å². The van der Waals surface area contributed by atoms with Crippen molar-refractivity contribution in [1.82, 2.24) is 5.32 Å². The lowest BCUT2D eigenvalue weighted by atomic mass is 10.0. The summed E-state index contributed by atoms with van der Waals surface area (Å²) >= 11 is 6.13. The highest BCUT2D eigenvalue weighted by atomic mass is 35.5. The van der Waals surface area contributed by atoms with Gasteiger partial charge in [-0.25, -0.2) is 4.99 Å². The van der Waals surface area contributed by atoms with Crippen molar-refractivity contribution in [1.29, 1.82) is 0 Å². The zero-order valence-corrected chi connectivity index (χ0v) is 12.8. The molecule has 0 bridgehead atoms. The molecule has 0 unspecified atom stereocenters. The maximum Gasteiger partial charge on any atom is 0.222 e. The Morgan fingerprint density at radius 1 is 1.18 bits per heavy atom. The molecule has 1 heterocycles. The topological polar surface area (TPSA) is 53.8 Å². The molecule has 1 N–H and O–H groups in total. The smallest absolute Gasteiger partial charge is 0.222 e. The van der Waals surface area contributed by atoms with Crippen molar-refractivity contribution in [3.8, 4) is 0 Å². The average molecular weight is 312 g/mol. The number of carbonyl (C=O) groups is 1. The molecular formula is C17H14ClN3O. The predicted octanol–water partition coefficient (Wildman–Crippen LogP) is 3.36. The fourth-order valence-electron chi connectivity index (χ4n) is 2.33. The van der Waals surface area contributed by atoms with Gasteiger partial charge in [-0.1, -0.05) is 41.9 Å². The van der Waals surface area contributed by atoms with E-state index < -0.39 is 0 Å². The van der Waals surface area contributed by atoms with Crippen molar-refractivity contribution < 1.29 is 4.79 Å². The number of aliphatic imine (C=N–C) groups is 2. The Morgan fingerprint density at radius 3 is 2.68 bits per heavy atom. The number of hydrogen-bond acceptors (Lipinski definition) is 3. The highest BCUT2D eigenvalue weighted by Crippen LogP contribution is 2.28. The van der Waals surface area contributed by atoms with Crippen LogP contribution in [0.4, 0.5) is 5.69 Å². The minimum absolute atomic E-state index is 0.160. The first-order valence-electron chi connectivity index (χ1n) is 6.88. The van der Waals surface area contributed by atoms with E-state index in [1.54, 1.807) is 6.07 Å². The van der Waals surface area contributed by atoms with Crippen LogP contribution >= 0.6 is 11.6 Å². The van der Waals surface area contributed by atoms with E-state index in [1.807, 2.05) is 42.5 Å². The molecule has 0 aliphatic carbocycles. The number of rotatable bonds is 1. The number of nitrogens with zero attached hydrogens (tertiary/aromatic N) is 2. The van der Waals surface area contributed by atoms with Gasteiger partial charge in [-0.2, -0.15) is 0 Å². The lowest BCUT2D eigenvalue weighted by Crippen LogP contribution is -2.30. The molecule has 4 nitrogen and oxygen atoms in total. The fourth-order valence-corrected chi connectivity index (χ4v) is 2.50. The van der Waals surface area contributed by atoms with Gasteiger partial charge in [0.15, 0.2) is 0 Å². The van der Waals surface area contributed by atoms with Crippen LogP contribution in [0.25, 0.3) is 0 Å². The molecule has 0 fully saturated rings. The highest BCUT2D eigenvalue weighted by Gasteiger charge is 2.16. The first-order chi connectivity index (χ1) is 10.6. The van der Waals surface area contributed by atoms with E-state index in [-0.39, 0.29) is 5.91 Å². The van der Waals surface area contributed by atoms with E-state index in [9.17, 15) is 4.79 Å². The van der Waals surface area contributed by atoms with Crippen molar-refractivity contribution >= 4 is 34.7 Å². The van der Waals surface area contributed by atoms with Crippen LogP contribution in [0.15, 0.2) is 58.5 Å². The van der Waals surface area contributed by atoms with Crippen molar-refractivity contribution in [3.63, 3.8) is 0 Å². The summed E-state index contributed by atoms with van der Waals surface area (Å²) in [5.74, 6) is 0.370. The van der Waals surface area contributed by atoms with Gasteiger partial charge in [0.25, 0.3) is 0 Å². The van der Waals surface area contributed by atoms with Gasteiger partial charge in [-0.05, 0) is 18.2 Å². The minimum Gasteiger partial charge on any atom is -0.313 e. The number of benzene rings is 2. The quantitative estimate of drug-likeness (QED) is 0.862. The van der Waals surface area contributed by atoms with Crippen LogP contribution in [0.5, 0.6) is 0 Å². The molecule has 1 amide bonds. The summed E-state index contributed by atoms with van der Waals surface area (Å²) in [6.45, 7) is 1.77. The van der Waals surface area contributed by atoms with Gasteiger partial charge in [-0.15, -0.1) is 0 Å². The zero-order valence-electron chi connectivity index (χ0n) is 12.0. The molecule has 0 radical (unpaired) electrons. The van der Waals surface area contributed by atoms with Gasteiger partial charge in [0, 0.05) is 23.1 Å². The van der Waals surface area contributed by atoms with E-state index in [0.717, 1.165) is 22.5 Å². The summed E-state index contributed by atoms with van der Waals surface area (Å²) in [5.41, 5.74) is 3.42. The van der Waals surface area contributed by atoms with Gasteiger partial charge < -0.3 is 5.32 Å². The van der Waals surface area contributed by atoms with E-state index in [0.29, 0.717) is 17.4 Å². The van der Waals surface area contributed by atoms with E-state index in [4.69, 9.17) is 11.6 Å². The lowest BCUT2D eigenvalue weighted by Gasteiger charge is -2.08. The van der Waals surface area contributed by atoms with E-state index >= 15 is 0 Å². The summed E-state index contributed by atoms with van der Waals surface area (Å²) in [6.07, 6.45) is 0. The molecule has 0 spiro atoms. The van der Waals surface area contributed by atoms with Crippen LogP contribution in [-0.4, -0.2) is 24.0 Å². The normalized spacial score (nSPS) is 13.5. The molecule has 110 valence electrons. The molecule has 1 aliphatic heterocycles. The number of carbonyl (C=O) groups excluding carboxylic acids is 1. The predicted molar refractivity (Wildman–Crippen MR) is 89.3 cm³/mol. The second-order valence-corrected chi connectivity index (χ2v) is 5.37. The first kappa shape index (κ1) is 14.5. The van der Waals surface area contributed by atoms with Crippen LogP contribution in [0.1, 0.15) is 18.1 Å². The lowest BCUT2D eigenvalue weighted by molar-refractivity contribution is -0.117. The maximum atomic E-state index is 11.3. The number of halogens is 1. The second kappa shape index (κ2) is 6.12. The molecule has 0 saturated carbocycles. The summed E-state index contributed by atoms with van der Waals surface area (Å²) in [7, 11) is 0. The Balaban J connectivity index is 2.13. The molecule has 3 rings (SSSR count). The van der Waals surface area contributed by atoms with Crippen molar-refractivity contribution in [2.24, 2.45) is 9.98 Å². The van der Waals surface area contributed by atoms with Gasteiger partial charge in [-0.3, -0.25) is 9.79 Å². The molecular weight excluding hydrogens is 298 g/mol. The van der Waals surface area contributed by atoms with Gasteiger partial charge in [0.05, 0.1) is 17.9 Å². The monoisotopic (exact) mass is 311 g/mol. The third kappa shape index (κ3) is 3.07. The number of amidine groups is 1. The Bertz CT molecular complexity index is 782. The molecule has 0 atom stereocenters. The minimum atomic E-state index is -0.160. The summed E-state index contributed by atoms with van der Waals surface area (Å²) in [5, 5.41) is 3.35. The zero-order chi connectivity index (χ0) is 15.5. The Morgan fingerprint density at radius 2 is 1.95 bits per heavy atom. The average Bonchev–Trinajstić information content (AvgIpc) is 2.66. The molecule has 0 aromatic heterocycles. The van der Waals surface area contributed by atoms with Gasteiger partial charge >= 0.3 is 0 Å². The standard InChI is InChI=1S/C17H14ClN3O/c1-11(22)20-16-10-19-17(12-5-3-2-4-6-12)14-9-13(18)7-8-15(14)21-16/h2-9H,10H2,1H3,(H,20,21,22). The van der Waals surface area contributed by atoms with Crippen LogP contribution < -0.4 is 5.32 Å². The largest absolute Gasteiger partial charge is 0.313 e. The molecule has 2 aromatic rings. The number of hydrogen-bond donors (Lipinski definition) is 1. The molecule has 1 aliphatic rings. The van der Waals surface area contributed by atoms with Crippen LogP contribution in [0.3, 0.4) is 0 Å². The van der Waals surface area contributed by atoms with E-state index in [1.165, 1.54) is 6.92 Å². The number of nitrogens with one attached hydrogen (secondary N) is 1. The third-order valence-electron chi connectivity index (χ3n) is 3.22. The number of fused-ring (bicyclic) bond motifs is 1. The van der Waals surface area contributed by atoms with Crippen LogP contribution in [0.2, 0.25) is 5.02 Å². The van der Waals surface area contributed by atoms with Crippen molar-refractivity contribution in [2.45, 2.75) is 6.92 Å². The maximum absolute atomic E-state index is 11.3. The van der Waals surface area contributed by atoms with Crippen molar-refractivity contribution in [3.05, 3.63) is 64.7 Å². The van der Waals surface area contributed by atoms with Crippen molar-refractivity contribution in [2.75, 3.05) is 6.54 Å².